The van der Waals surface area contributed by atoms with Crippen LogP contribution in [0.3, 0.4) is 0 Å². The Labute approximate surface area is 136 Å². The highest BCUT2D eigenvalue weighted by molar-refractivity contribution is 7.26. The van der Waals surface area contributed by atoms with Crippen molar-refractivity contribution in [3.05, 3.63) is 71.8 Å². The number of halogens is 1. The first-order valence-corrected chi connectivity index (χ1v) is 8.42. The average Bonchev–Trinajstić information content (AvgIpc) is 2.91. The number of hydrogen-bond acceptors (Lipinski definition) is 1. The van der Waals surface area contributed by atoms with Crippen molar-refractivity contribution in [3.8, 4) is 0 Å². The number of thiophene rings is 1. The van der Waals surface area contributed by atoms with Crippen LogP contribution < -0.4 is 0 Å². The summed E-state index contributed by atoms with van der Waals surface area (Å²) in [6.45, 7) is 0. The number of fused-ring (bicyclic) bond motifs is 6. The number of benzene rings is 4. The van der Waals surface area contributed by atoms with Crippen LogP contribution in [0.4, 0.5) is 0 Å². The molecule has 0 amide bonds. The molecule has 0 saturated carbocycles. The molecular formula is C20H11ClS. The predicted octanol–water partition coefficient (Wildman–Crippen LogP) is 7.01. The van der Waals surface area contributed by atoms with Gasteiger partial charge < -0.3 is 0 Å². The summed E-state index contributed by atoms with van der Waals surface area (Å²) in [6.07, 6.45) is 0. The lowest BCUT2D eigenvalue weighted by molar-refractivity contribution is 1.80. The van der Waals surface area contributed by atoms with Crippen LogP contribution in [0.1, 0.15) is 0 Å². The van der Waals surface area contributed by atoms with Crippen molar-refractivity contribution in [2.75, 3.05) is 0 Å². The zero-order chi connectivity index (χ0) is 14.7. The molecule has 0 saturated heterocycles. The molecule has 0 spiro atoms. The van der Waals surface area contributed by atoms with E-state index in [0.29, 0.717) is 0 Å². The smallest absolute Gasteiger partial charge is 0.0434 e. The largest absolute Gasteiger partial charge is 0.135 e. The minimum Gasteiger partial charge on any atom is -0.135 e. The van der Waals surface area contributed by atoms with Gasteiger partial charge in [-0.1, -0.05) is 48.0 Å². The van der Waals surface area contributed by atoms with Crippen molar-refractivity contribution in [1.82, 2.24) is 0 Å². The van der Waals surface area contributed by atoms with E-state index in [0.717, 1.165) is 5.02 Å². The third-order valence-corrected chi connectivity index (χ3v) is 5.74. The molecular weight excluding hydrogens is 308 g/mol. The molecule has 1 aromatic heterocycles. The van der Waals surface area contributed by atoms with Crippen LogP contribution in [-0.2, 0) is 0 Å². The zero-order valence-electron chi connectivity index (χ0n) is 11.6. The minimum absolute atomic E-state index is 0.797. The molecule has 1 heterocycles. The second kappa shape index (κ2) is 4.45. The molecule has 5 rings (SSSR count). The lowest BCUT2D eigenvalue weighted by Crippen LogP contribution is -1.76. The summed E-state index contributed by atoms with van der Waals surface area (Å²) >= 11 is 8.03. The van der Waals surface area contributed by atoms with E-state index >= 15 is 0 Å². The summed E-state index contributed by atoms with van der Waals surface area (Å²) in [5.41, 5.74) is 0. The summed E-state index contributed by atoms with van der Waals surface area (Å²) in [5.74, 6) is 0. The van der Waals surface area contributed by atoms with Crippen LogP contribution >= 0.6 is 22.9 Å². The summed E-state index contributed by atoms with van der Waals surface area (Å²) in [7, 11) is 0. The molecule has 0 aliphatic heterocycles. The van der Waals surface area contributed by atoms with Crippen LogP contribution in [0.15, 0.2) is 66.7 Å². The first-order chi connectivity index (χ1) is 10.8. The normalized spacial score (nSPS) is 11.9. The highest BCUT2D eigenvalue weighted by atomic mass is 35.5. The predicted molar refractivity (Wildman–Crippen MR) is 99.4 cm³/mol. The lowest BCUT2D eigenvalue weighted by atomic mass is 10.0. The van der Waals surface area contributed by atoms with Gasteiger partial charge in [-0.05, 0) is 46.5 Å². The van der Waals surface area contributed by atoms with Crippen LogP contribution in [0.25, 0.3) is 41.7 Å². The maximum atomic E-state index is 6.18. The van der Waals surface area contributed by atoms with Crippen molar-refractivity contribution >= 4 is 64.7 Å². The Morgan fingerprint density at radius 3 is 2.32 bits per heavy atom. The molecule has 5 aromatic rings. The van der Waals surface area contributed by atoms with Gasteiger partial charge in [-0.3, -0.25) is 0 Å². The van der Waals surface area contributed by atoms with Crippen molar-refractivity contribution in [1.29, 1.82) is 0 Å². The van der Waals surface area contributed by atoms with Gasteiger partial charge in [-0.15, -0.1) is 11.3 Å². The minimum atomic E-state index is 0.797. The first-order valence-electron chi connectivity index (χ1n) is 7.23. The van der Waals surface area contributed by atoms with Gasteiger partial charge >= 0.3 is 0 Å². The van der Waals surface area contributed by atoms with E-state index in [1.807, 2.05) is 17.4 Å². The van der Waals surface area contributed by atoms with Gasteiger partial charge in [0.1, 0.15) is 0 Å². The molecule has 22 heavy (non-hydrogen) atoms. The van der Waals surface area contributed by atoms with E-state index in [1.54, 1.807) is 0 Å². The number of rotatable bonds is 0. The molecule has 0 bridgehead atoms. The standard InChI is InChI=1S/C20H11ClS/c21-15-6-8-19-18(11-15)16-7-5-14-9-12-3-1-2-4-13(12)10-17(14)20(16)22-19/h1-11H. The summed E-state index contributed by atoms with van der Waals surface area (Å²) in [4.78, 5) is 0. The molecule has 2 heteroatoms. The molecule has 0 unspecified atom stereocenters. The van der Waals surface area contributed by atoms with E-state index < -0.39 is 0 Å². The second-order valence-corrected chi connectivity index (χ2v) is 7.09. The van der Waals surface area contributed by atoms with Gasteiger partial charge in [-0.2, -0.15) is 0 Å². The third-order valence-electron chi connectivity index (χ3n) is 4.28. The average molecular weight is 319 g/mol. The summed E-state index contributed by atoms with van der Waals surface area (Å²) in [6, 6.07) is 23.7. The molecule has 0 radical (unpaired) electrons. The number of hydrogen-bond donors (Lipinski definition) is 0. The maximum absolute atomic E-state index is 6.18. The van der Waals surface area contributed by atoms with E-state index in [1.165, 1.54) is 41.7 Å². The van der Waals surface area contributed by atoms with E-state index in [9.17, 15) is 0 Å². The molecule has 4 aromatic carbocycles. The van der Waals surface area contributed by atoms with E-state index in [2.05, 4.69) is 60.7 Å². The topological polar surface area (TPSA) is 0 Å². The van der Waals surface area contributed by atoms with Gasteiger partial charge in [0.05, 0.1) is 0 Å². The fourth-order valence-corrected chi connectivity index (χ4v) is 4.60. The monoisotopic (exact) mass is 318 g/mol. The first kappa shape index (κ1) is 12.5. The summed E-state index contributed by atoms with van der Waals surface area (Å²) < 4.78 is 2.64. The summed E-state index contributed by atoms with van der Waals surface area (Å²) in [5, 5.41) is 8.55. The third kappa shape index (κ3) is 1.70. The highest BCUT2D eigenvalue weighted by Crippen LogP contribution is 2.40. The van der Waals surface area contributed by atoms with Gasteiger partial charge in [0.15, 0.2) is 0 Å². The van der Waals surface area contributed by atoms with Crippen LogP contribution in [0.5, 0.6) is 0 Å². The Balaban J connectivity index is 2.02. The van der Waals surface area contributed by atoms with Crippen LogP contribution in [0.2, 0.25) is 5.02 Å². The van der Waals surface area contributed by atoms with Gasteiger partial charge in [0.2, 0.25) is 0 Å². The molecule has 0 aliphatic carbocycles. The Morgan fingerprint density at radius 1 is 0.636 bits per heavy atom. The highest BCUT2D eigenvalue weighted by Gasteiger charge is 2.09. The van der Waals surface area contributed by atoms with E-state index in [-0.39, 0.29) is 0 Å². The Kier molecular flexibility index (Phi) is 2.52. The molecule has 0 nitrogen and oxygen atoms in total. The quantitative estimate of drug-likeness (QED) is 0.269. The molecule has 0 N–H and O–H groups in total. The van der Waals surface area contributed by atoms with Crippen molar-refractivity contribution in [2.45, 2.75) is 0 Å². The SMILES string of the molecule is Clc1ccc2sc3c4cc5ccccc5cc4ccc3c2c1. The van der Waals surface area contributed by atoms with Gasteiger partial charge in [-0.25, -0.2) is 0 Å². The Morgan fingerprint density at radius 2 is 1.45 bits per heavy atom. The molecule has 104 valence electrons. The fourth-order valence-electron chi connectivity index (χ4n) is 3.22. The molecule has 0 fully saturated rings. The molecule has 0 atom stereocenters. The van der Waals surface area contributed by atoms with Crippen molar-refractivity contribution in [3.63, 3.8) is 0 Å². The van der Waals surface area contributed by atoms with Crippen molar-refractivity contribution in [2.24, 2.45) is 0 Å². The lowest BCUT2D eigenvalue weighted by Gasteiger charge is -2.03. The van der Waals surface area contributed by atoms with Crippen molar-refractivity contribution < 1.29 is 0 Å². The molecule has 0 aliphatic rings. The van der Waals surface area contributed by atoms with Crippen LogP contribution in [-0.4, -0.2) is 0 Å². The fraction of sp³-hybridized carbons (Fsp3) is 0. The Hall–Kier alpha value is -2.09. The van der Waals surface area contributed by atoms with Crippen LogP contribution in [0, 0.1) is 0 Å². The van der Waals surface area contributed by atoms with Gasteiger partial charge in [0.25, 0.3) is 0 Å². The van der Waals surface area contributed by atoms with Gasteiger partial charge in [0, 0.05) is 30.6 Å². The van der Waals surface area contributed by atoms with E-state index in [4.69, 9.17) is 11.6 Å². The maximum Gasteiger partial charge on any atom is 0.0434 e. The second-order valence-electron chi connectivity index (χ2n) is 5.61. The Bertz CT molecular complexity index is 1180. The zero-order valence-corrected chi connectivity index (χ0v) is 13.2.